The van der Waals surface area contributed by atoms with Crippen molar-refractivity contribution in [1.82, 2.24) is 9.47 Å². The van der Waals surface area contributed by atoms with E-state index in [0.717, 1.165) is 78.0 Å². The molecule has 0 fully saturated rings. The van der Waals surface area contributed by atoms with E-state index in [0.29, 0.717) is 0 Å². The van der Waals surface area contributed by atoms with Crippen LogP contribution >= 0.6 is 0 Å². The maximum Gasteiger partial charge on any atom is 0.158 e. The Balaban J connectivity index is 1.31. The van der Waals surface area contributed by atoms with Crippen LogP contribution in [0.25, 0.3) is 60.4 Å². The highest BCUT2D eigenvalue weighted by Crippen LogP contribution is 2.48. The maximum absolute atomic E-state index is 6.70. The Morgan fingerprint density at radius 3 is 2.09 bits per heavy atom. The lowest BCUT2D eigenvalue weighted by Gasteiger charge is -2.34. The van der Waals surface area contributed by atoms with E-state index < -0.39 is 0 Å². The van der Waals surface area contributed by atoms with Gasteiger partial charge in [-0.15, -0.1) is 0 Å². The van der Waals surface area contributed by atoms with E-state index in [1.54, 1.807) is 0 Å². The first-order valence-electron chi connectivity index (χ1n) is 15.6. The van der Waals surface area contributed by atoms with Gasteiger partial charge in [-0.05, 0) is 42.5 Å². The summed E-state index contributed by atoms with van der Waals surface area (Å²) in [5.41, 5.74) is 9.04. The van der Waals surface area contributed by atoms with Crippen LogP contribution < -0.4 is 0 Å². The predicted octanol–water partition coefficient (Wildman–Crippen LogP) is 10.5. The molecule has 1 unspecified atom stereocenters. The molecule has 0 bridgehead atoms. The molecule has 6 aromatic carbocycles. The number of hydrogen-bond acceptors (Lipinski definition) is 4. The molecule has 0 amide bonds. The van der Waals surface area contributed by atoms with Crippen molar-refractivity contribution in [1.29, 1.82) is 0 Å². The summed E-state index contributed by atoms with van der Waals surface area (Å²) in [7, 11) is 2.12. The molecule has 4 heterocycles. The lowest BCUT2D eigenvalue weighted by atomic mass is 9.96. The Morgan fingerprint density at radius 1 is 0.565 bits per heavy atom. The first-order chi connectivity index (χ1) is 22.8. The molecule has 3 aromatic heterocycles. The predicted molar refractivity (Wildman–Crippen MR) is 187 cm³/mol. The van der Waals surface area contributed by atoms with Crippen molar-refractivity contribution in [2.24, 2.45) is 4.99 Å². The second-order valence-corrected chi connectivity index (χ2v) is 12.0. The standard InChI is InChI=1S/C41H27N3O2/c1-43-39(40-37(30-18-8-12-22-34(30)46-40)42-41(43)25-13-3-2-4-14-25)28-16-6-10-20-32(28)44-31-19-9-5-15-26(31)27-23-24-35-36(38(27)44)29-17-7-11-21-33(29)45-35/h2-24,39H,1H3. The third-order valence-electron chi connectivity index (χ3n) is 9.46. The molecular weight excluding hydrogens is 566 g/mol. The number of furan rings is 2. The van der Waals surface area contributed by atoms with Gasteiger partial charge in [0.15, 0.2) is 5.76 Å². The van der Waals surface area contributed by atoms with Crippen molar-refractivity contribution in [3.05, 3.63) is 156 Å². The topological polar surface area (TPSA) is 46.8 Å². The van der Waals surface area contributed by atoms with Crippen LogP contribution in [0.5, 0.6) is 0 Å². The van der Waals surface area contributed by atoms with Gasteiger partial charge in [-0.2, -0.15) is 0 Å². The Labute approximate surface area is 264 Å². The number of para-hydroxylation sites is 4. The molecule has 0 N–H and O–H groups in total. The zero-order chi connectivity index (χ0) is 30.4. The van der Waals surface area contributed by atoms with Crippen LogP contribution in [-0.2, 0) is 0 Å². The van der Waals surface area contributed by atoms with Gasteiger partial charge >= 0.3 is 0 Å². The van der Waals surface area contributed by atoms with Gasteiger partial charge in [-0.3, -0.25) is 0 Å². The van der Waals surface area contributed by atoms with E-state index >= 15 is 0 Å². The summed E-state index contributed by atoms with van der Waals surface area (Å²) >= 11 is 0. The van der Waals surface area contributed by atoms with E-state index in [1.807, 2.05) is 30.3 Å². The smallest absolute Gasteiger partial charge is 0.158 e. The van der Waals surface area contributed by atoms with Crippen molar-refractivity contribution in [2.75, 3.05) is 7.05 Å². The van der Waals surface area contributed by atoms with Crippen LogP contribution in [0.2, 0.25) is 0 Å². The van der Waals surface area contributed by atoms with E-state index in [-0.39, 0.29) is 6.04 Å². The third-order valence-corrected chi connectivity index (χ3v) is 9.46. The minimum absolute atomic E-state index is 0.234. The molecule has 0 aliphatic carbocycles. The second-order valence-electron chi connectivity index (χ2n) is 12.0. The number of fused-ring (bicyclic) bond motifs is 10. The third kappa shape index (κ3) is 3.42. The first kappa shape index (κ1) is 25.3. The summed E-state index contributed by atoms with van der Waals surface area (Å²) in [5, 5.41) is 5.64. The summed E-state index contributed by atoms with van der Waals surface area (Å²) in [6.07, 6.45) is 0. The lowest BCUT2D eigenvalue weighted by molar-refractivity contribution is 0.360. The maximum atomic E-state index is 6.70. The average molecular weight is 594 g/mol. The molecule has 1 aliphatic heterocycles. The van der Waals surface area contributed by atoms with E-state index in [9.17, 15) is 0 Å². The molecule has 0 radical (unpaired) electrons. The van der Waals surface area contributed by atoms with Crippen LogP contribution in [-0.4, -0.2) is 22.4 Å². The van der Waals surface area contributed by atoms with Crippen molar-refractivity contribution in [2.45, 2.75) is 6.04 Å². The molecule has 9 aromatic rings. The summed E-state index contributed by atoms with van der Waals surface area (Å²) in [5.74, 6) is 1.75. The normalized spacial score (nSPS) is 14.9. The summed E-state index contributed by atoms with van der Waals surface area (Å²) in [4.78, 5) is 7.51. The van der Waals surface area contributed by atoms with Gasteiger partial charge < -0.3 is 18.3 Å². The first-order valence-corrected chi connectivity index (χ1v) is 15.6. The Morgan fingerprint density at radius 2 is 1.24 bits per heavy atom. The van der Waals surface area contributed by atoms with Crippen LogP contribution in [0.4, 0.5) is 5.69 Å². The number of hydrogen-bond donors (Lipinski definition) is 0. The monoisotopic (exact) mass is 593 g/mol. The number of aromatic nitrogens is 1. The number of benzene rings is 6. The fraction of sp³-hybridized carbons (Fsp3) is 0.0488. The SMILES string of the molecule is CN1C(c2ccccc2)=Nc2c(oc3ccccc23)C1c1ccccc1-n1c2ccccc2c2ccc3oc4ccccc4c3c21. The minimum atomic E-state index is -0.234. The minimum Gasteiger partial charge on any atom is -0.456 e. The average Bonchev–Trinajstić information content (AvgIpc) is 3.78. The number of amidine groups is 1. The van der Waals surface area contributed by atoms with E-state index in [2.05, 4.69) is 126 Å². The zero-order valence-corrected chi connectivity index (χ0v) is 25.0. The Hall–Kier alpha value is -6.07. The summed E-state index contributed by atoms with van der Waals surface area (Å²) in [6, 6.07) is 48.4. The molecule has 10 rings (SSSR count). The van der Waals surface area contributed by atoms with Crippen molar-refractivity contribution in [3.8, 4) is 5.69 Å². The summed E-state index contributed by atoms with van der Waals surface area (Å²) in [6.45, 7) is 0. The fourth-order valence-corrected chi connectivity index (χ4v) is 7.48. The highest BCUT2D eigenvalue weighted by atomic mass is 16.3. The fourth-order valence-electron chi connectivity index (χ4n) is 7.48. The van der Waals surface area contributed by atoms with Gasteiger partial charge in [-0.25, -0.2) is 4.99 Å². The van der Waals surface area contributed by atoms with Crippen LogP contribution in [0.3, 0.4) is 0 Å². The number of rotatable bonds is 3. The van der Waals surface area contributed by atoms with Crippen LogP contribution in [0.1, 0.15) is 22.9 Å². The molecular formula is C41H27N3O2. The van der Waals surface area contributed by atoms with Crippen molar-refractivity contribution < 1.29 is 8.83 Å². The molecule has 1 atom stereocenters. The molecule has 0 spiro atoms. The summed E-state index contributed by atoms with van der Waals surface area (Å²) < 4.78 is 15.5. The van der Waals surface area contributed by atoms with Gasteiger partial charge in [0.2, 0.25) is 0 Å². The van der Waals surface area contributed by atoms with Crippen LogP contribution in [0.15, 0.2) is 153 Å². The van der Waals surface area contributed by atoms with E-state index in [4.69, 9.17) is 13.8 Å². The zero-order valence-electron chi connectivity index (χ0n) is 25.0. The highest BCUT2D eigenvalue weighted by Gasteiger charge is 2.36. The second kappa shape index (κ2) is 9.46. The number of nitrogens with zero attached hydrogens (tertiary/aromatic N) is 3. The molecule has 46 heavy (non-hydrogen) atoms. The van der Waals surface area contributed by atoms with Crippen molar-refractivity contribution in [3.63, 3.8) is 0 Å². The van der Waals surface area contributed by atoms with Gasteiger partial charge in [0, 0.05) is 39.7 Å². The quantitative estimate of drug-likeness (QED) is 0.205. The highest BCUT2D eigenvalue weighted by molar-refractivity contribution is 6.24. The van der Waals surface area contributed by atoms with Gasteiger partial charge in [0.1, 0.15) is 34.3 Å². The van der Waals surface area contributed by atoms with Gasteiger partial charge in [0.05, 0.1) is 22.1 Å². The molecule has 0 saturated carbocycles. The van der Waals surface area contributed by atoms with Crippen LogP contribution in [0, 0.1) is 0 Å². The van der Waals surface area contributed by atoms with E-state index in [1.165, 1.54) is 10.8 Å². The lowest BCUT2D eigenvalue weighted by Crippen LogP contribution is -2.35. The Bertz CT molecular complexity index is 2670. The molecule has 5 heteroatoms. The largest absolute Gasteiger partial charge is 0.456 e. The number of aliphatic imine (C=N–C) groups is 1. The molecule has 1 aliphatic rings. The molecule has 0 saturated heterocycles. The molecule has 5 nitrogen and oxygen atoms in total. The molecule has 218 valence electrons. The van der Waals surface area contributed by atoms with Gasteiger partial charge in [-0.1, -0.05) is 97.1 Å². The Kier molecular flexibility index (Phi) is 5.20. The van der Waals surface area contributed by atoms with Crippen molar-refractivity contribution >= 4 is 66.2 Å². The van der Waals surface area contributed by atoms with Gasteiger partial charge in [0.25, 0.3) is 0 Å².